The Hall–Kier alpha value is -1.36. The van der Waals surface area contributed by atoms with Crippen molar-refractivity contribution in [1.82, 2.24) is 14.7 Å². The van der Waals surface area contributed by atoms with Crippen LogP contribution in [0.5, 0.6) is 0 Å². The third-order valence-electron chi connectivity index (χ3n) is 3.98. The highest BCUT2D eigenvalue weighted by Gasteiger charge is 2.30. The summed E-state index contributed by atoms with van der Waals surface area (Å²) in [4.78, 5) is 14.4. The van der Waals surface area contributed by atoms with Crippen LogP contribution in [0, 0.1) is 5.92 Å². The zero-order valence-corrected chi connectivity index (χ0v) is 12.0. The van der Waals surface area contributed by atoms with Crippen LogP contribution in [0.15, 0.2) is 6.20 Å². The second-order valence-electron chi connectivity index (χ2n) is 5.29. The molecule has 5 nitrogen and oxygen atoms in total. The van der Waals surface area contributed by atoms with Gasteiger partial charge in [-0.3, -0.25) is 9.48 Å². The Morgan fingerprint density at radius 3 is 2.89 bits per heavy atom. The lowest BCUT2D eigenvalue weighted by Crippen LogP contribution is -2.45. The number of aromatic nitrogens is 2. The van der Waals surface area contributed by atoms with E-state index >= 15 is 0 Å². The molecule has 0 saturated carbocycles. The van der Waals surface area contributed by atoms with E-state index in [0.717, 1.165) is 18.5 Å². The molecule has 19 heavy (non-hydrogen) atoms. The molecule has 2 unspecified atom stereocenters. The fraction of sp³-hybridized carbons (Fsp3) is 0.714. The number of aliphatic hydroxyl groups is 1. The maximum absolute atomic E-state index is 12.6. The number of rotatable bonds is 3. The monoisotopic (exact) mass is 265 g/mol. The van der Waals surface area contributed by atoms with Crippen LogP contribution in [0.25, 0.3) is 0 Å². The van der Waals surface area contributed by atoms with Gasteiger partial charge in [0, 0.05) is 32.3 Å². The number of aliphatic hydroxyl groups excluding tert-OH is 1. The Balaban J connectivity index is 2.15. The van der Waals surface area contributed by atoms with E-state index in [1.807, 2.05) is 18.9 Å². The molecule has 1 amide bonds. The van der Waals surface area contributed by atoms with Crippen LogP contribution in [0.2, 0.25) is 0 Å². The molecule has 1 fully saturated rings. The molecule has 1 aliphatic heterocycles. The smallest absolute Gasteiger partial charge is 0.257 e. The van der Waals surface area contributed by atoms with E-state index in [2.05, 4.69) is 12.0 Å². The Bertz CT molecular complexity index is 456. The summed E-state index contributed by atoms with van der Waals surface area (Å²) in [5, 5.41) is 14.2. The van der Waals surface area contributed by atoms with Crippen LogP contribution in [0.1, 0.15) is 42.7 Å². The van der Waals surface area contributed by atoms with Crippen LogP contribution >= 0.6 is 0 Å². The first-order chi connectivity index (χ1) is 9.06. The average Bonchev–Trinajstić information content (AvgIpc) is 2.79. The lowest BCUT2D eigenvalue weighted by atomic mass is 9.92. The molecule has 106 valence electrons. The SMILES string of the molecule is CCc1nn(C)cc1C(=O)N1CCC(O)C(CC)C1. The van der Waals surface area contributed by atoms with E-state index in [9.17, 15) is 9.90 Å². The molecule has 0 aromatic carbocycles. The second kappa shape index (κ2) is 5.74. The van der Waals surface area contributed by atoms with Crippen LogP contribution in [-0.2, 0) is 13.5 Å². The molecule has 1 aromatic rings. The fourth-order valence-electron chi connectivity index (χ4n) is 2.75. The van der Waals surface area contributed by atoms with Gasteiger partial charge in [-0.15, -0.1) is 0 Å². The molecular formula is C14H23N3O2. The molecule has 2 atom stereocenters. The maximum atomic E-state index is 12.6. The lowest BCUT2D eigenvalue weighted by Gasteiger charge is -2.35. The van der Waals surface area contributed by atoms with Gasteiger partial charge in [0.25, 0.3) is 5.91 Å². The van der Waals surface area contributed by atoms with Crippen LogP contribution < -0.4 is 0 Å². The third-order valence-corrected chi connectivity index (χ3v) is 3.98. The van der Waals surface area contributed by atoms with Crippen molar-refractivity contribution < 1.29 is 9.90 Å². The second-order valence-corrected chi connectivity index (χ2v) is 5.29. The largest absolute Gasteiger partial charge is 0.393 e. The van der Waals surface area contributed by atoms with E-state index in [1.54, 1.807) is 10.9 Å². The standard InChI is InChI=1S/C14H23N3O2/c1-4-10-8-17(7-6-13(10)18)14(19)11-9-16(3)15-12(11)5-2/h9-10,13,18H,4-8H2,1-3H3. The van der Waals surface area contributed by atoms with E-state index < -0.39 is 0 Å². The van der Waals surface area contributed by atoms with Gasteiger partial charge in [0.05, 0.1) is 17.4 Å². The molecule has 2 heterocycles. The minimum atomic E-state index is -0.270. The number of aryl methyl sites for hydroxylation is 2. The van der Waals surface area contributed by atoms with E-state index in [4.69, 9.17) is 0 Å². The molecule has 1 aliphatic rings. The quantitative estimate of drug-likeness (QED) is 0.894. The number of hydrogen-bond donors (Lipinski definition) is 1. The number of nitrogens with zero attached hydrogens (tertiary/aromatic N) is 3. The predicted octanol–water partition coefficient (Wildman–Crippen LogP) is 1.22. The van der Waals surface area contributed by atoms with E-state index in [-0.39, 0.29) is 17.9 Å². The van der Waals surface area contributed by atoms with Gasteiger partial charge in [-0.2, -0.15) is 5.10 Å². The van der Waals surface area contributed by atoms with Crippen molar-refractivity contribution >= 4 is 5.91 Å². The number of hydrogen-bond acceptors (Lipinski definition) is 3. The zero-order chi connectivity index (χ0) is 14.0. The summed E-state index contributed by atoms with van der Waals surface area (Å²) in [7, 11) is 1.84. The van der Waals surface area contributed by atoms with Gasteiger partial charge < -0.3 is 10.0 Å². The predicted molar refractivity (Wildman–Crippen MR) is 72.9 cm³/mol. The van der Waals surface area contributed by atoms with Crippen molar-refractivity contribution in [2.45, 2.75) is 39.2 Å². The maximum Gasteiger partial charge on any atom is 0.257 e. The summed E-state index contributed by atoms with van der Waals surface area (Å²) in [6, 6.07) is 0. The molecule has 0 spiro atoms. The molecule has 0 radical (unpaired) electrons. The van der Waals surface area contributed by atoms with Crippen molar-refractivity contribution in [3.05, 3.63) is 17.5 Å². The van der Waals surface area contributed by atoms with Gasteiger partial charge in [0.2, 0.25) is 0 Å². The van der Waals surface area contributed by atoms with Crippen LogP contribution in [0.4, 0.5) is 0 Å². The summed E-state index contributed by atoms with van der Waals surface area (Å²) in [6.45, 7) is 5.35. The Morgan fingerprint density at radius 2 is 2.26 bits per heavy atom. The van der Waals surface area contributed by atoms with Gasteiger partial charge >= 0.3 is 0 Å². The molecule has 1 N–H and O–H groups in total. The van der Waals surface area contributed by atoms with Gasteiger partial charge in [-0.05, 0) is 19.3 Å². The highest BCUT2D eigenvalue weighted by atomic mass is 16.3. The summed E-state index contributed by atoms with van der Waals surface area (Å²) in [6.07, 6.45) is 3.86. The van der Waals surface area contributed by atoms with Crippen molar-refractivity contribution in [3.8, 4) is 0 Å². The van der Waals surface area contributed by atoms with Crippen molar-refractivity contribution in [2.24, 2.45) is 13.0 Å². The van der Waals surface area contributed by atoms with E-state index in [0.29, 0.717) is 25.1 Å². The number of carbonyl (C=O) groups is 1. The van der Waals surface area contributed by atoms with Gasteiger partial charge in [-0.25, -0.2) is 0 Å². The number of likely N-dealkylation sites (tertiary alicyclic amines) is 1. The van der Waals surface area contributed by atoms with Gasteiger partial charge in [0.15, 0.2) is 0 Å². The minimum Gasteiger partial charge on any atom is -0.393 e. The summed E-state index contributed by atoms with van der Waals surface area (Å²) < 4.78 is 1.70. The van der Waals surface area contributed by atoms with Crippen LogP contribution in [-0.4, -0.2) is 44.9 Å². The topological polar surface area (TPSA) is 58.4 Å². The first-order valence-corrected chi connectivity index (χ1v) is 7.06. The Kier molecular flexibility index (Phi) is 4.24. The fourth-order valence-corrected chi connectivity index (χ4v) is 2.75. The lowest BCUT2D eigenvalue weighted by molar-refractivity contribution is 0.0228. The van der Waals surface area contributed by atoms with Crippen LogP contribution in [0.3, 0.4) is 0 Å². The molecule has 0 aliphatic carbocycles. The van der Waals surface area contributed by atoms with Crippen molar-refractivity contribution in [2.75, 3.05) is 13.1 Å². The third kappa shape index (κ3) is 2.81. The Morgan fingerprint density at radius 1 is 1.53 bits per heavy atom. The molecule has 5 heteroatoms. The molecule has 0 bridgehead atoms. The molecular weight excluding hydrogens is 242 g/mol. The average molecular weight is 265 g/mol. The number of amides is 1. The first kappa shape index (κ1) is 14.1. The minimum absolute atomic E-state index is 0.0512. The van der Waals surface area contributed by atoms with Gasteiger partial charge in [0.1, 0.15) is 0 Å². The van der Waals surface area contributed by atoms with Gasteiger partial charge in [-0.1, -0.05) is 13.8 Å². The van der Waals surface area contributed by atoms with Crippen molar-refractivity contribution in [1.29, 1.82) is 0 Å². The van der Waals surface area contributed by atoms with Crippen molar-refractivity contribution in [3.63, 3.8) is 0 Å². The summed E-state index contributed by atoms with van der Waals surface area (Å²) in [5.41, 5.74) is 1.56. The highest BCUT2D eigenvalue weighted by Crippen LogP contribution is 2.22. The summed E-state index contributed by atoms with van der Waals surface area (Å²) in [5.74, 6) is 0.245. The molecule has 2 rings (SSSR count). The number of piperidine rings is 1. The first-order valence-electron chi connectivity index (χ1n) is 7.06. The normalized spacial score (nSPS) is 23.7. The Labute approximate surface area is 114 Å². The summed E-state index contributed by atoms with van der Waals surface area (Å²) >= 11 is 0. The van der Waals surface area contributed by atoms with E-state index in [1.165, 1.54) is 0 Å². The molecule has 1 saturated heterocycles. The molecule has 1 aromatic heterocycles. The highest BCUT2D eigenvalue weighted by molar-refractivity contribution is 5.95. The number of carbonyl (C=O) groups excluding carboxylic acids is 1. The zero-order valence-electron chi connectivity index (χ0n) is 12.0.